The van der Waals surface area contributed by atoms with Gasteiger partial charge in [-0.05, 0) is 18.2 Å². The summed E-state index contributed by atoms with van der Waals surface area (Å²) in [5.74, 6) is 0.203. The van der Waals surface area contributed by atoms with E-state index in [2.05, 4.69) is 20.2 Å². The van der Waals surface area contributed by atoms with Gasteiger partial charge in [0, 0.05) is 36.1 Å². The maximum Gasteiger partial charge on any atom is 0.232 e. The molecule has 0 saturated heterocycles. The quantitative estimate of drug-likeness (QED) is 0.693. The second kappa shape index (κ2) is 6.53. The normalized spacial score (nSPS) is 15.1. The molecule has 0 unspecified atom stereocenters. The predicted octanol–water partition coefficient (Wildman–Crippen LogP) is 3.86. The van der Waals surface area contributed by atoms with Crippen molar-refractivity contribution in [3.05, 3.63) is 52.9 Å². The number of rotatable bonds is 3. The summed E-state index contributed by atoms with van der Waals surface area (Å²) in [4.78, 5) is 6.62. The monoisotopic (exact) mass is 374 g/mol. The third kappa shape index (κ3) is 3.49. The second-order valence-electron chi connectivity index (χ2n) is 7.79. The lowest BCUT2D eigenvalue weighted by molar-refractivity contribution is 0.220. The van der Waals surface area contributed by atoms with Gasteiger partial charge in [-0.1, -0.05) is 31.1 Å². The zero-order valence-corrected chi connectivity index (χ0v) is 15.4. The van der Waals surface area contributed by atoms with Gasteiger partial charge in [0.15, 0.2) is 17.5 Å². The molecule has 0 atom stereocenters. The van der Waals surface area contributed by atoms with Crippen LogP contribution in [0, 0.1) is 11.6 Å². The molecule has 0 radical (unpaired) electrons. The fourth-order valence-electron chi connectivity index (χ4n) is 3.09. The molecule has 142 valence electrons. The summed E-state index contributed by atoms with van der Waals surface area (Å²) >= 11 is 0. The molecule has 8 heteroatoms. The molecule has 0 amide bonds. The van der Waals surface area contributed by atoms with Gasteiger partial charge in [0.25, 0.3) is 0 Å². The second-order valence-corrected chi connectivity index (χ2v) is 7.79. The maximum absolute atomic E-state index is 13.6. The fourth-order valence-corrected chi connectivity index (χ4v) is 3.09. The van der Waals surface area contributed by atoms with Crippen LogP contribution in [0.3, 0.4) is 0 Å². The third-order valence-electron chi connectivity index (χ3n) is 4.57. The summed E-state index contributed by atoms with van der Waals surface area (Å²) in [5.41, 5.74) is 1.72. The minimum Gasteiger partial charge on any atom is -0.360 e. The lowest BCUT2D eigenvalue weighted by atomic mass is 9.97. The van der Waals surface area contributed by atoms with Gasteiger partial charge < -0.3 is 9.05 Å². The number of hydrogen-bond acceptors (Lipinski definition) is 6. The topological polar surface area (TPSA) is 68.2 Å². The highest BCUT2D eigenvalue weighted by molar-refractivity contribution is 5.63. The Kier molecular flexibility index (Phi) is 4.30. The highest BCUT2D eigenvalue weighted by Crippen LogP contribution is 2.31. The highest BCUT2D eigenvalue weighted by atomic mass is 19.2. The van der Waals surface area contributed by atoms with Gasteiger partial charge in [-0.2, -0.15) is 4.98 Å². The Morgan fingerprint density at radius 2 is 1.93 bits per heavy atom. The molecule has 3 aromatic rings. The number of nitrogens with zero attached hydrogens (tertiary/aromatic N) is 4. The molecule has 0 saturated carbocycles. The van der Waals surface area contributed by atoms with Gasteiger partial charge in [0.1, 0.15) is 11.5 Å². The smallest absolute Gasteiger partial charge is 0.232 e. The molecular weight excluding hydrogens is 354 g/mol. The molecule has 0 aliphatic carbocycles. The van der Waals surface area contributed by atoms with E-state index >= 15 is 0 Å². The first-order valence-electron chi connectivity index (χ1n) is 8.79. The zero-order valence-electron chi connectivity index (χ0n) is 15.4. The summed E-state index contributed by atoms with van der Waals surface area (Å²) in [7, 11) is 0. The van der Waals surface area contributed by atoms with Gasteiger partial charge in [-0.25, -0.2) is 8.78 Å². The van der Waals surface area contributed by atoms with E-state index in [1.54, 1.807) is 0 Å². The molecule has 4 rings (SSSR count). The Labute approximate surface area is 155 Å². The number of fused-ring (bicyclic) bond motifs is 1. The molecule has 0 spiro atoms. The molecule has 0 bridgehead atoms. The molecular formula is C19H20F2N4O2. The number of aromatic nitrogens is 3. The van der Waals surface area contributed by atoms with Gasteiger partial charge >= 0.3 is 0 Å². The van der Waals surface area contributed by atoms with Crippen molar-refractivity contribution < 1.29 is 17.8 Å². The van der Waals surface area contributed by atoms with Crippen LogP contribution in [0.4, 0.5) is 8.78 Å². The number of halogens is 2. The van der Waals surface area contributed by atoms with Crippen LogP contribution in [0.2, 0.25) is 0 Å². The van der Waals surface area contributed by atoms with Crippen molar-refractivity contribution in [2.45, 2.75) is 45.7 Å². The number of hydrogen-bond donors (Lipinski definition) is 0. The SMILES string of the molecule is CC(C)(C)c1nc(CN2CCc3onc(-c4ccc(F)c(F)c4)c3C2)no1. The van der Waals surface area contributed by atoms with Crippen molar-refractivity contribution in [3.63, 3.8) is 0 Å². The lowest BCUT2D eigenvalue weighted by Crippen LogP contribution is -2.30. The van der Waals surface area contributed by atoms with Crippen molar-refractivity contribution in [1.82, 2.24) is 20.2 Å². The Balaban J connectivity index is 1.55. The Hall–Kier alpha value is -2.61. The minimum atomic E-state index is -0.904. The minimum absolute atomic E-state index is 0.200. The number of benzene rings is 1. The van der Waals surface area contributed by atoms with Crippen LogP contribution in [-0.2, 0) is 24.9 Å². The Morgan fingerprint density at radius 1 is 1.11 bits per heavy atom. The van der Waals surface area contributed by atoms with Gasteiger partial charge in [0.05, 0.1) is 6.54 Å². The first kappa shape index (κ1) is 17.8. The van der Waals surface area contributed by atoms with Crippen LogP contribution in [-0.4, -0.2) is 26.7 Å². The Bertz CT molecular complexity index is 974. The van der Waals surface area contributed by atoms with E-state index in [1.807, 2.05) is 20.8 Å². The molecule has 0 fully saturated rings. The van der Waals surface area contributed by atoms with Gasteiger partial charge in [0.2, 0.25) is 5.89 Å². The highest BCUT2D eigenvalue weighted by Gasteiger charge is 2.27. The summed E-state index contributed by atoms with van der Waals surface area (Å²) in [5, 5.41) is 8.14. The molecule has 2 aromatic heterocycles. The molecule has 1 aromatic carbocycles. The fraction of sp³-hybridized carbons (Fsp3) is 0.421. The first-order chi connectivity index (χ1) is 12.8. The van der Waals surface area contributed by atoms with Crippen LogP contribution < -0.4 is 0 Å². The average Bonchev–Trinajstić information content (AvgIpc) is 3.24. The molecule has 1 aliphatic heterocycles. The standard InChI is InChI=1S/C19H20F2N4O2/c1-19(2,3)18-22-16(23-27-18)10-25-7-6-15-12(9-25)17(24-26-15)11-4-5-13(20)14(21)8-11/h4-5,8H,6-7,9-10H2,1-3H3. The molecule has 6 nitrogen and oxygen atoms in total. The predicted molar refractivity (Wildman–Crippen MR) is 92.7 cm³/mol. The zero-order chi connectivity index (χ0) is 19.2. The molecule has 1 aliphatic rings. The van der Waals surface area contributed by atoms with E-state index in [4.69, 9.17) is 9.05 Å². The van der Waals surface area contributed by atoms with Crippen molar-refractivity contribution in [1.29, 1.82) is 0 Å². The Morgan fingerprint density at radius 3 is 2.63 bits per heavy atom. The molecule has 3 heterocycles. The summed E-state index contributed by atoms with van der Waals surface area (Å²) < 4.78 is 37.6. The van der Waals surface area contributed by atoms with Crippen LogP contribution in [0.15, 0.2) is 27.2 Å². The van der Waals surface area contributed by atoms with Crippen LogP contribution in [0.1, 0.15) is 43.8 Å². The van der Waals surface area contributed by atoms with E-state index < -0.39 is 11.6 Å². The van der Waals surface area contributed by atoms with E-state index in [0.29, 0.717) is 42.5 Å². The average molecular weight is 374 g/mol. The molecule has 0 N–H and O–H groups in total. The third-order valence-corrected chi connectivity index (χ3v) is 4.57. The van der Waals surface area contributed by atoms with Crippen molar-refractivity contribution in [2.75, 3.05) is 6.54 Å². The van der Waals surface area contributed by atoms with E-state index in [9.17, 15) is 8.78 Å². The van der Waals surface area contributed by atoms with Crippen LogP contribution in [0.5, 0.6) is 0 Å². The van der Waals surface area contributed by atoms with Crippen LogP contribution in [0.25, 0.3) is 11.3 Å². The largest absolute Gasteiger partial charge is 0.360 e. The van der Waals surface area contributed by atoms with Gasteiger partial charge in [-0.15, -0.1) is 0 Å². The maximum atomic E-state index is 13.6. The van der Waals surface area contributed by atoms with Crippen molar-refractivity contribution >= 4 is 0 Å². The first-order valence-corrected chi connectivity index (χ1v) is 8.79. The van der Waals surface area contributed by atoms with E-state index in [-0.39, 0.29) is 5.41 Å². The van der Waals surface area contributed by atoms with E-state index in [1.165, 1.54) is 6.07 Å². The van der Waals surface area contributed by atoms with Crippen molar-refractivity contribution in [3.8, 4) is 11.3 Å². The summed E-state index contributed by atoms with van der Waals surface area (Å²) in [6, 6.07) is 3.74. The summed E-state index contributed by atoms with van der Waals surface area (Å²) in [6.07, 6.45) is 0.677. The summed E-state index contributed by atoms with van der Waals surface area (Å²) in [6.45, 7) is 7.90. The van der Waals surface area contributed by atoms with E-state index in [0.717, 1.165) is 30.0 Å². The van der Waals surface area contributed by atoms with Crippen LogP contribution >= 0.6 is 0 Å². The van der Waals surface area contributed by atoms with Gasteiger partial charge in [-0.3, -0.25) is 4.90 Å². The lowest BCUT2D eigenvalue weighted by Gasteiger charge is -2.24. The molecule has 27 heavy (non-hydrogen) atoms. The van der Waals surface area contributed by atoms with Crippen molar-refractivity contribution in [2.24, 2.45) is 0 Å².